The number of esters is 1. The number of methoxy groups -OCH3 is 1. The maximum absolute atomic E-state index is 11.8. The number of piperidine rings is 3. The molecule has 0 amide bonds. The minimum Gasteiger partial charge on any atom is -0.465 e. The summed E-state index contributed by atoms with van der Waals surface area (Å²) < 4.78 is 4.87. The zero-order valence-corrected chi connectivity index (χ0v) is 17.0. The molecule has 2 bridgehead atoms. The summed E-state index contributed by atoms with van der Waals surface area (Å²) in [5, 5.41) is 2.14. The molecule has 4 heterocycles. The van der Waals surface area contributed by atoms with E-state index in [0.29, 0.717) is 6.04 Å². The second-order valence-electron chi connectivity index (χ2n) is 8.79. The Bertz CT molecular complexity index is 742. The van der Waals surface area contributed by atoms with Gasteiger partial charge in [0, 0.05) is 25.2 Å². The van der Waals surface area contributed by atoms with Crippen LogP contribution >= 0.6 is 11.3 Å². The number of rotatable bonds is 3. The lowest BCUT2D eigenvalue weighted by atomic mass is 9.68. The quantitative estimate of drug-likeness (QED) is 0.582. The zero-order chi connectivity index (χ0) is 18.4. The van der Waals surface area contributed by atoms with E-state index >= 15 is 0 Å². The van der Waals surface area contributed by atoms with Crippen molar-refractivity contribution < 1.29 is 9.53 Å². The van der Waals surface area contributed by atoms with Crippen LogP contribution in [-0.2, 0) is 11.3 Å². The van der Waals surface area contributed by atoms with Crippen molar-refractivity contribution >= 4 is 17.3 Å². The molecular weight excluding hydrogens is 356 g/mol. The minimum atomic E-state index is -0.214. The first-order chi connectivity index (χ1) is 13.2. The lowest BCUT2D eigenvalue weighted by molar-refractivity contribution is -0.00262. The molecule has 0 radical (unpaired) electrons. The van der Waals surface area contributed by atoms with Gasteiger partial charge in [-0.25, -0.2) is 4.79 Å². The topological polar surface area (TPSA) is 32.8 Å². The maximum atomic E-state index is 11.8. The fraction of sp³-hybridized carbons (Fsp3) is 0.682. The molecule has 3 fully saturated rings. The summed E-state index contributed by atoms with van der Waals surface area (Å²) in [7, 11) is 1.46. The highest BCUT2D eigenvalue weighted by Gasteiger charge is 2.45. The number of hydrogen-bond donors (Lipinski definition) is 0. The van der Waals surface area contributed by atoms with Gasteiger partial charge in [0.15, 0.2) is 0 Å². The van der Waals surface area contributed by atoms with Gasteiger partial charge in [-0.2, -0.15) is 0 Å². The van der Waals surface area contributed by atoms with Gasteiger partial charge < -0.3 is 4.74 Å². The molecule has 0 saturated carbocycles. The molecule has 146 valence electrons. The molecule has 1 aliphatic carbocycles. The van der Waals surface area contributed by atoms with E-state index in [9.17, 15) is 4.79 Å². The first kappa shape index (κ1) is 17.9. The Kier molecular flexibility index (Phi) is 4.87. The van der Waals surface area contributed by atoms with Crippen LogP contribution in [0.5, 0.6) is 0 Å². The lowest BCUT2D eigenvalue weighted by Crippen LogP contribution is -2.58. The summed E-state index contributed by atoms with van der Waals surface area (Å²) in [4.78, 5) is 18.0. The molecule has 3 saturated heterocycles. The van der Waals surface area contributed by atoms with Crippen LogP contribution in [0.3, 0.4) is 0 Å². The standard InChI is InChI=1S/C22H30N2O2S/c1-26-22(25)20-9-15(14-27-20)12-24-8-4-5-16-10-17-11-18(21(16)24)13-23-7-3-2-6-19(17)23/h9-10,14,17-19,21H,2-8,11-13H2,1H3/t17?,18?,19-,21-/m1/s1. The lowest BCUT2D eigenvalue weighted by Gasteiger charge is -2.54. The van der Waals surface area contributed by atoms with Gasteiger partial charge in [-0.15, -0.1) is 11.3 Å². The fourth-order valence-corrected chi connectivity index (χ4v) is 6.98. The number of thiophene rings is 1. The number of fused-ring (bicyclic) bond motifs is 6. The van der Waals surface area contributed by atoms with E-state index in [1.165, 1.54) is 82.2 Å². The van der Waals surface area contributed by atoms with Gasteiger partial charge in [-0.3, -0.25) is 9.80 Å². The first-order valence-electron chi connectivity index (χ1n) is 10.6. The van der Waals surface area contributed by atoms with Crippen LogP contribution in [0.2, 0.25) is 0 Å². The predicted molar refractivity (Wildman–Crippen MR) is 108 cm³/mol. The molecule has 4 atom stereocenters. The highest BCUT2D eigenvalue weighted by molar-refractivity contribution is 7.12. The monoisotopic (exact) mass is 386 g/mol. The normalized spacial score (nSPS) is 33.7. The summed E-state index contributed by atoms with van der Waals surface area (Å²) in [6.07, 6.45) is 10.8. The van der Waals surface area contributed by atoms with Crippen LogP contribution in [0.15, 0.2) is 23.1 Å². The average Bonchev–Trinajstić information content (AvgIpc) is 3.16. The molecule has 5 heteroatoms. The van der Waals surface area contributed by atoms with Crippen LogP contribution < -0.4 is 0 Å². The zero-order valence-electron chi connectivity index (χ0n) is 16.2. The number of likely N-dealkylation sites (tertiary alicyclic amines) is 1. The van der Waals surface area contributed by atoms with E-state index in [1.54, 1.807) is 5.57 Å². The van der Waals surface area contributed by atoms with Crippen molar-refractivity contribution in [1.82, 2.24) is 9.80 Å². The summed E-state index contributed by atoms with van der Waals surface area (Å²) in [5.41, 5.74) is 2.98. The Morgan fingerprint density at radius 3 is 3.11 bits per heavy atom. The summed E-state index contributed by atoms with van der Waals surface area (Å²) in [5.74, 6) is 1.36. The average molecular weight is 387 g/mol. The van der Waals surface area contributed by atoms with E-state index in [2.05, 4.69) is 21.3 Å². The van der Waals surface area contributed by atoms with Crippen LogP contribution in [0, 0.1) is 11.8 Å². The third kappa shape index (κ3) is 3.28. The van der Waals surface area contributed by atoms with Gasteiger partial charge >= 0.3 is 5.97 Å². The largest absolute Gasteiger partial charge is 0.465 e. The van der Waals surface area contributed by atoms with Crippen LogP contribution in [0.1, 0.15) is 53.8 Å². The van der Waals surface area contributed by atoms with Crippen LogP contribution in [-0.4, -0.2) is 54.6 Å². The fourth-order valence-electron chi connectivity index (χ4n) is 6.16. The van der Waals surface area contributed by atoms with Gasteiger partial charge in [0.25, 0.3) is 0 Å². The number of carbonyl (C=O) groups excluding carboxylic acids is 1. The molecule has 5 rings (SSSR count). The van der Waals surface area contributed by atoms with Crippen molar-refractivity contribution in [3.05, 3.63) is 33.5 Å². The van der Waals surface area contributed by atoms with E-state index < -0.39 is 0 Å². The van der Waals surface area contributed by atoms with Crippen molar-refractivity contribution in [2.45, 2.75) is 57.2 Å². The summed E-state index contributed by atoms with van der Waals surface area (Å²) in [6, 6.07) is 3.46. The molecular formula is C22H30N2O2S. The number of nitrogens with zero attached hydrogens (tertiary/aromatic N) is 2. The van der Waals surface area contributed by atoms with E-state index in [4.69, 9.17) is 4.74 Å². The third-order valence-corrected chi connectivity index (χ3v) is 8.15. The highest BCUT2D eigenvalue weighted by Crippen LogP contribution is 2.45. The second kappa shape index (κ2) is 7.34. The molecule has 4 nitrogen and oxygen atoms in total. The Morgan fingerprint density at radius 1 is 1.30 bits per heavy atom. The van der Waals surface area contributed by atoms with E-state index in [-0.39, 0.29) is 5.97 Å². The summed E-state index contributed by atoms with van der Waals surface area (Å²) >= 11 is 1.51. The minimum absolute atomic E-state index is 0.214. The van der Waals surface area contributed by atoms with Gasteiger partial charge in [0.2, 0.25) is 0 Å². The Balaban J connectivity index is 1.37. The molecule has 0 aromatic carbocycles. The van der Waals surface area contributed by atoms with E-state index in [1.807, 2.05) is 6.07 Å². The van der Waals surface area contributed by atoms with Gasteiger partial charge in [-0.1, -0.05) is 18.1 Å². The SMILES string of the molecule is COC(=O)c1cc(CN2CCCC3=CC4CC(CN5CCCC[C@H]45)[C@@H]32)cs1. The number of ether oxygens (including phenoxy) is 1. The molecule has 2 unspecified atom stereocenters. The highest BCUT2D eigenvalue weighted by atomic mass is 32.1. The molecule has 1 aromatic heterocycles. The Hall–Kier alpha value is -1.17. The predicted octanol–water partition coefficient (Wildman–Crippen LogP) is 3.93. The number of carbonyl (C=O) groups is 1. The van der Waals surface area contributed by atoms with Crippen LogP contribution in [0.25, 0.3) is 0 Å². The molecule has 27 heavy (non-hydrogen) atoms. The molecule has 1 aromatic rings. The third-order valence-electron chi connectivity index (χ3n) is 7.19. The smallest absolute Gasteiger partial charge is 0.348 e. The molecule has 4 aliphatic rings. The van der Waals surface area contributed by atoms with Crippen molar-refractivity contribution in [3.63, 3.8) is 0 Å². The van der Waals surface area contributed by atoms with Crippen molar-refractivity contribution in [2.24, 2.45) is 11.8 Å². The van der Waals surface area contributed by atoms with Crippen molar-refractivity contribution in [3.8, 4) is 0 Å². The summed E-state index contributed by atoms with van der Waals surface area (Å²) in [6.45, 7) is 4.73. The molecule has 0 spiro atoms. The first-order valence-corrected chi connectivity index (χ1v) is 11.5. The molecule has 0 N–H and O–H groups in total. The van der Waals surface area contributed by atoms with Crippen molar-refractivity contribution in [2.75, 3.05) is 26.7 Å². The van der Waals surface area contributed by atoms with E-state index in [0.717, 1.165) is 29.3 Å². The van der Waals surface area contributed by atoms with Gasteiger partial charge in [0.05, 0.1) is 7.11 Å². The van der Waals surface area contributed by atoms with Gasteiger partial charge in [-0.05, 0) is 74.0 Å². The Labute approximate surface area is 166 Å². The molecule has 3 aliphatic heterocycles. The van der Waals surface area contributed by atoms with Crippen molar-refractivity contribution in [1.29, 1.82) is 0 Å². The van der Waals surface area contributed by atoms with Gasteiger partial charge in [0.1, 0.15) is 4.88 Å². The maximum Gasteiger partial charge on any atom is 0.348 e. The second-order valence-corrected chi connectivity index (χ2v) is 9.70. The van der Waals surface area contributed by atoms with Crippen LogP contribution in [0.4, 0.5) is 0 Å². The number of hydrogen-bond acceptors (Lipinski definition) is 5. The Morgan fingerprint density at radius 2 is 2.22 bits per heavy atom.